The van der Waals surface area contributed by atoms with Gasteiger partial charge in [0.15, 0.2) is 11.5 Å². The molecule has 0 radical (unpaired) electrons. The van der Waals surface area contributed by atoms with Gasteiger partial charge >= 0.3 is 0 Å². The zero-order valence-electron chi connectivity index (χ0n) is 24.3. The first-order valence-electron chi connectivity index (χ1n) is 14.8. The zero-order chi connectivity index (χ0) is 29.1. The Hall–Kier alpha value is -4.04. The van der Waals surface area contributed by atoms with E-state index in [1.807, 2.05) is 70.5 Å². The van der Waals surface area contributed by atoms with E-state index >= 15 is 0 Å². The fraction of sp³-hybridized carbons (Fsp3) is 0.412. The second kappa shape index (κ2) is 14.7. The quantitative estimate of drug-likeness (QED) is 0.390. The number of benzene rings is 3. The monoisotopic (exact) mass is 572 g/mol. The lowest BCUT2D eigenvalue weighted by Gasteiger charge is -2.33. The highest BCUT2D eigenvalue weighted by molar-refractivity contribution is 5.97. The lowest BCUT2D eigenvalue weighted by atomic mass is 10.0. The number of para-hydroxylation sites is 1. The Morgan fingerprint density at radius 1 is 0.833 bits per heavy atom. The van der Waals surface area contributed by atoms with E-state index < -0.39 is 0 Å². The van der Waals surface area contributed by atoms with Crippen molar-refractivity contribution in [3.63, 3.8) is 0 Å². The number of nitrogens with zero attached hydrogens (tertiary/aromatic N) is 2. The molecule has 3 aromatic carbocycles. The van der Waals surface area contributed by atoms with Crippen molar-refractivity contribution in [2.75, 3.05) is 46.8 Å². The van der Waals surface area contributed by atoms with E-state index in [1.165, 1.54) is 0 Å². The van der Waals surface area contributed by atoms with Gasteiger partial charge in [0.1, 0.15) is 12.4 Å². The highest BCUT2D eigenvalue weighted by Crippen LogP contribution is 2.33. The molecule has 8 heteroatoms. The number of hydrogen-bond acceptors (Lipinski definition) is 6. The van der Waals surface area contributed by atoms with E-state index in [1.54, 1.807) is 7.11 Å². The lowest BCUT2D eigenvalue weighted by Crippen LogP contribution is -2.46. The largest absolute Gasteiger partial charge is 0.491 e. The summed E-state index contributed by atoms with van der Waals surface area (Å²) in [5.41, 5.74) is 2.54. The SMILES string of the molecule is COCCN1CCCCCCN(C(=O)Cc2ccc3c(c2)OCO3)[C@@H](Cc2ccccc2)COc2ccccc2C1=O. The van der Waals surface area contributed by atoms with Crippen molar-refractivity contribution >= 4 is 11.8 Å². The van der Waals surface area contributed by atoms with Gasteiger partial charge in [-0.3, -0.25) is 9.59 Å². The van der Waals surface area contributed by atoms with Gasteiger partial charge in [-0.25, -0.2) is 0 Å². The molecule has 0 aromatic heterocycles. The average Bonchev–Trinajstić information content (AvgIpc) is 3.48. The van der Waals surface area contributed by atoms with Gasteiger partial charge in [0.2, 0.25) is 12.7 Å². The molecule has 1 atom stereocenters. The van der Waals surface area contributed by atoms with Gasteiger partial charge in [-0.15, -0.1) is 0 Å². The molecule has 0 spiro atoms. The second-order valence-electron chi connectivity index (χ2n) is 10.8. The summed E-state index contributed by atoms with van der Waals surface area (Å²) < 4.78 is 22.7. The van der Waals surface area contributed by atoms with Crippen molar-refractivity contribution in [2.45, 2.75) is 44.6 Å². The van der Waals surface area contributed by atoms with E-state index in [4.69, 9.17) is 18.9 Å². The van der Waals surface area contributed by atoms with Crippen LogP contribution in [-0.2, 0) is 22.4 Å². The highest BCUT2D eigenvalue weighted by Gasteiger charge is 2.27. The van der Waals surface area contributed by atoms with Crippen LogP contribution in [-0.4, -0.2) is 74.4 Å². The first-order chi connectivity index (χ1) is 20.6. The first-order valence-corrected chi connectivity index (χ1v) is 14.8. The van der Waals surface area contributed by atoms with E-state index in [0.29, 0.717) is 55.5 Å². The number of fused-ring (bicyclic) bond motifs is 2. The molecule has 5 rings (SSSR count). The van der Waals surface area contributed by atoms with E-state index in [-0.39, 0.29) is 37.7 Å². The summed E-state index contributed by atoms with van der Waals surface area (Å²) in [6, 6.07) is 23.0. The molecule has 0 unspecified atom stereocenters. The van der Waals surface area contributed by atoms with E-state index in [2.05, 4.69) is 12.1 Å². The molecule has 0 aliphatic carbocycles. The standard InChI is InChI=1S/C34H40N2O6/c1-39-20-19-35-17-9-2-3-10-18-36(33(37)23-27-15-16-31-32(22-27)42-25-41-31)28(21-26-11-5-4-6-12-26)24-40-30-14-8-7-13-29(30)34(35)38/h4-8,11-16,22,28H,2-3,9-10,17-21,23-25H2,1H3/t28-/m0/s1. The Morgan fingerprint density at radius 3 is 2.43 bits per heavy atom. The summed E-state index contributed by atoms with van der Waals surface area (Å²) in [5, 5.41) is 0. The van der Waals surface area contributed by atoms with Crippen LogP contribution in [0.1, 0.15) is 47.2 Å². The van der Waals surface area contributed by atoms with Crippen molar-refractivity contribution < 1.29 is 28.5 Å². The number of rotatable bonds is 7. The minimum atomic E-state index is -0.218. The van der Waals surface area contributed by atoms with Crippen LogP contribution in [0.2, 0.25) is 0 Å². The third-order valence-corrected chi connectivity index (χ3v) is 7.85. The van der Waals surface area contributed by atoms with Gasteiger partial charge in [-0.1, -0.05) is 61.4 Å². The number of amides is 2. The van der Waals surface area contributed by atoms with E-state index in [9.17, 15) is 9.59 Å². The Kier molecular flexibility index (Phi) is 10.3. The summed E-state index contributed by atoms with van der Waals surface area (Å²) in [5.74, 6) is 1.89. The number of ether oxygens (including phenoxy) is 4. The maximum Gasteiger partial charge on any atom is 0.257 e. The number of carbonyl (C=O) groups is 2. The van der Waals surface area contributed by atoms with Crippen LogP contribution in [0.25, 0.3) is 0 Å². The molecular weight excluding hydrogens is 532 g/mol. The molecule has 0 fully saturated rings. The molecule has 3 aromatic rings. The third-order valence-electron chi connectivity index (χ3n) is 7.85. The molecule has 42 heavy (non-hydrogen) atoms. The fourth-order valence-electron chi connectivity index (χ4n) is 5.56. The molecule has 8 nitrogen and oxygen atoms in total. The molecule has 222 valence electrons. The first kappa shape index (κ1) is 29.5. The summed E-state index contributed by atoms with van der Waals surface area (Å²) in [6.07, 6.45) is 4.60. The maximum absolute atomic E-state index is 14.0. The number of hydrogen-bond donors (Lipinski definition) is 0. The van der Waals surface area contributed by atoms with Crippen molar-refractivity contribution in [3.8, 4) is 17.2 Å². The van der Waals surface area contributed by atoms with Gasteiger partial charge in [0, 0.05) is 26.7 Å². The molecular formula is C34H40N2O6. The van der Waals surface area contributed by atoms with Crippen molar-refractivity contribution in [1.29, 1.82) is 0 Å². The number of methoxy groups -OCH3 is 1. The fourth-order valence-corrected chi connectivity index (χ4v) is 5.56. The lowest BCUT2D eigenvalue weighted by molar-refractivity contribution is -0.133. The van der Waals surface area contributed by atoms with Crippen molar-refractivity contribution in [1.82, 2.24) is 9.80 Å². The van der Waals surface area contributed by atoms with Gasteiger partial charge in [-0.2, -0.15) is 0 Å². The Labute approximate surface area is 248 Å². The van der Waals surface area contributed by atoms with Gasteiger partial charge in [0.05, 0.1) is 24.6 Å². The topological polar surface area (TPSA) is 77.5 Å². The van der Waals surface area contributed by atoms with Gasteiger partial charge in [0.25, 0.3) is 5.91 Å². The molecule has 0 N–H and O–H groups in total. The number of carbonyl (C=O) groups excluding carboxylic acids is 2. The molecule has 2 amide bonds. The smallest absolute Gasteiger partial charge is 0.257 e. The van der Waals surface area contributed by atoms with Gasteiger partial charge in [-0.05, 0) is 54.7 Å². The van der Waals surface area contributed by atoms with Crippen molar-refractivity contribution in [3.05, 3.63) is 89.5 Å². The summed E-state index contributed by atoms with van der Waals surface area (Å²) in [4.78, 5) is 31.5. The van der Waals surface area contributed by atoms with Crippen LogP contribution in [0.4, 0.5) is 0 Å². The van der Waals surface area contributed by atoms with Gasteiger partial charge < -0.3 is 28.7 Å². The Bertz CT molecular complexity index is 1330. The molecule has 2 heterocycles. The van der Waals surface area contributed by atoms with Crippen LogP contribution in [0, 0.1) is 0 Å². The molecule has 2 aliphatic rings. The summed E-state index contributed by atoms with van der Waals surface area (Å²) in [7, 11) is 1.65. The maximum atomic E-state index is 14.0. The molecule has 0 bridgehead atoms. The highest BCUT2D eigenvalue weighted by atomic mass is 16.7. The van der Waals surface area contributed by atoms with Crippen molar-refractivity contribution in [2.24, 2.45) is 0 Å². The molecule has 0 saturated carbocycles. The Balaban J connectivity index is 1.42. The third kappa shape index (κ3) is 7.62. The van der Waals surface area contributed by atoms with Crippen LogP contribution >= 0.6 is 0 Å². The van der Waals surface area contributed by atoms with Crippen LogP contribution < -0.4 is 14.2 Å². The second-order valence-corrected chi connectivity index (χ2v) is 10.8. The van der Waals surface area contributed by atoms with Crippen LogP contribution in [0.3, 0.4) is 0 Å². The normalized spacial score (nSPS) is 17.7. The van der Waals surface area contributed by atoms with Crippen LogP contribution in [0.15, 0.2) is 72.8 Å². The molecule has 0 saturated heterocycles. The minimum Gasteiger partial charge on any atom is -0.491 e. The predicted octanol–water partition coefficient (Wildman–Crippen LogP) is 5.14. The predicted molar refractivity (Wildman–Crippen MR) is 160 cm³/mol. The summed E-state index contributed by atoms with van der Waals surface area (Å²) in [6.45, 7) is 2.77. The summed E-state index contributed by atoms with van der Waals surface area (Å²) >= 11 is 0. The van der Waals surface area contributed by atoms with E-state index in [0.717, 1.165) is 36.8 Å². The minimum absolute atomic E-state index is 0.0422. The Morgan fingerprint density at radius 2 is 1.60 bits per heavy atom. The molecule has 2 aliphatic heterocycles. The van der Waals surface area contributed by atoms with Crippen LogP contribution in [0.5, 0.6) is 17.2 Å². The average molecular weight is 573 g/mol. The zero-order valence-corrected chi connectivity index (χ0v) is 24.3.